The summed E-state index contributed by atoms with van der Waals surface area (Å²) in [4.78, 5) is 41.4. The van der Waals surface area contributed by atoms with Crippen molar-refractivity contribution in [2.24, 2.45) is 23.7 Å². The highest BCUT2D eigenvalue weighted by molar-refractivity contribution is 5.94. The van der Waals surface area contributed by atoms with Gasteiger partial charge >= 0.3 is 11.9 Å². The van der Waals surface area contributed by atoms with Crippen molar-refractivity contribution >= 4 is 22.8 Å². The molecule has 1 aromatic carbocycles. The lowest BCUT2D eigenvalue weighted by Crippen LogP contribution is -2.60. The van der Waals surface area contributed by atoms with Crippen molar-refractivity contribution < 1.29 is 77.8 Å². The molecule has 5 N–H and O–H groups in total. The van der Waals surface area contributed by atoms with Crippen LogP contribution >= 0.6 is 0 Å². The Hall–Kier alpha value is -3.31. The third kappa shape index (κ3) is 13.3. The van der Waals surface area contributed by atoms with E-state index >= 15 is 0 Å². The van der Waals surface area contributed by atoms with Crippen LogP contribution in [0.25, 0.3) is 10.9 Å². The fraction of sp³-hybridized carbons (Fsp3) is 0.800. The molecule has 3 saturated heterocycles. The largest absolute Gasteiger partial charge is 0.490 e. The van der Waals surface area contributed by atoms with Crippen molar-refractivity contribution in [3.63, 3.8) is 0 Å². The number of methoxy groups -OCH3 is 1. The molecule has 74 heavy (non-hydrogen) atoms. The summed E-state index contributed by atoms with van der Waals surface area (Å²) in [6.07, 6.45) is -4.47. The predicted molar refractivity (Wildman–Crippen MR) is 274 cm³/mol. The first-order valence-corrected chi connectivity index (χ1v) is 26.9. The summed E-state index contributed by atoms with van der Waals surface area (Å²) >= 11 is 0. The molecule has 0 aliphatic carbocycles. The van der Waals surface area contributed by atoms with E-state index in [2.05, 4.69) is 0 Å². The second-order valence-corrected chi connectivity index (χ2v) is 22.6. The van der Waals surface area contributed by atoms with Crippen LogP contribution in [0, 0.1) is 23.7 Å². The monoisotopic (exact) mass is 1050 g/mol. The first-order chi connectivity index (χ1) is 34.8. The zero-order chi connectivity index (χ0) is 54.6. The topological polar surface area (TPSA) is 244 Å². The highest BCUT2D eigenvalue weighted by atomic mass is 16.7. The van der Waals surface area contributed by atoms with Crippen molar-refractivity contribution in [2.75, 3.05) is 47.1 Å². The van der Waals surface area contributed by atoms with Crippen molar-refractivity contribution in [3.05, 3.63) is 39.7 Å². The fourth-order valence-corrected chi connectivity index (χ4v) is 12.2. The SMILES string of the molecule is CC[C@H]1C[C@@H](C)O[C@@H](O[C@@H]2[C@@H](C)[C@H](O[C@H]3C[C@@](C)(OC)[C@@H](OCCOCCCc4cc5c6c(c4)c(=O)c(C(=O)O)cn6CCO5)[C@H](C)O3)[C@@H](C)C(=O)O[C@H](CC)[C@@](C)(O)[C@@H](O)[C@@H](C)N(C)C[C@H](C)C[C@@]2(C)O)[C@@H]1O. The molecule has 420 valence electrons. The molecular formula is C55H88N2O17. The number of benzene rings is 1. The lowest BCUT2D eigenvalue weighted by atomic mass is 9.77. The molecule has 4 aliphatic rings. The number of pyridine rings is 1. The number of carboxylic acids is 1. The van der Waals surface area contributed by atoms with Crippen LogP contribution in [0.3, 0.4) is 0 Å². The molecule has 0 radical (unpaired) electrons. The predicted octanol–water partition coefficient (Wildman–Crippen LogP) is 5.08. The van der Waals surface area contributed by atoms with Crippen LogP contribution in [-0.2, 0) is 55.7 Å². The maximum atomic E-state index is 14.6. The number of aryl methyl sites for hydroxylation is 1. The van der Waals surface area contributed by atoms with Gasteiger partial charge in [0.1, 0.15) is 47.9 Å². The molecule has 4 aliphatic heterocycles. The second-order valence-electron chi connectivity index (χ2n) is 22.6. The van der Waals surface area contributed by atoms with E-state index in [-0.39, 0.29) is 56.0 Å². The van der Waals surface area contributed by atoms with E-state index in [9.17, 15) is 39.9 Å². The minimum Gasteiger partial charge on any atom is -0.490 e. The Morgan fingerprint density at radius 2 is 1.64 bits per heavy atom. The molecule has 3 fully saturated rings. The smallest absolute Gasteiger partial charge is 0.341 e. The average molecular weight is 1050 g/mol. The summed E-state index contributed by atoms with van der Waals surface area (Å²) in [7, 11) is 3.43. The van der Waals surface area contributed by atoms with Crippen molar-refractivity contribution in [2.45, 2.75) is 212 Å². The number of ether oxygens (including phenoxy) is 9. The van der Waals surface area contributed by atoms with Gasteiger partial charge in [0.2, 0.25) is 5.43 Å². The zero-order valence-corrected chi connectivity index (χ0v) is 46.1. The van der Waals surface area contributed by atoms with E-state index in [1.807, 2.05) is 59.6 Å². The fourth-order valence-electron chi connectivity index (χ4n) is 12.2. The minimum atomic E-state index is -1.84. The molecular weight excluding hydrogens is 961 g/mol. The Bertz CT molecular complexity index is 2260. The highest BCUT2D eigenvalue weighted by Crippen LogP contribution is 2.41. The summed E-state index contributed by atoms with van der Waals surface area (Å²) in [6, 6.07) is 3.06. The molecule has 1 aromatic heterocycles. The third-order valence-electron chi connectivity index (χ3n) is 16.5. The molecule has 18 atom stereocenters. The summed E-state index contributed by atoms with van der Waals surface area (Å²) in [5.41, 5.74) is -3.77. The Balaban J connectivity index is 1.18. The molecule has 0 bridgehead atoms. The summed E-state index contributed by atoms with van der Waals surface area (Å²) in [5.74, 6) is -3.51. The van der Waals surface area contributed by atoms with Crippen molar-refractivity contribution in [3.8, 4) is 5.75 Å². The van der Waals surface area contributed by atoms with Crippen molar-refractivity contribution in [1.82, 2.24) is 9.47 Å². The standard InChI is InChI=1S/C55H88N2O17/c1-14-37-23-31(4)70-52(44(37)58)74-48-32(5)46(33(6)51(63)72-41(15-2)55(11,65)47(60)34(7)56(12)28-30(3)26-53(48,9)64)73-42-27-54(10,66-13)49(35(8)71-42)69-22-21-67-19-16-17-36-24-38-43-40(25-36)68-20-18-57(43)29-39(45(38)59)50(61)62/h24-25,29-35,37,41-42,44,46-49,52,58,60,64-65H,14-23,26-28H2,1-13H3,(H,61,62)/t30-,31-,32+,33-,34-,35+,37+,41-,42+,44-,46+,47+,48-,49+,52+,53-,54-,55-/m1/s1. The summed E-state index contributed by atoms with van der Waals surface area (Å²) < 4.78 is 59.0. The number of carbonyl (C=O) groups is 2. The molecule has 19 nitrogen and oxygen atoms in total. The number of aromatic nitrogens is 1. The Morgan fingerprint density at radius 3 is 2.30 bits per heavy atom. The number of aliphatic hydroxyl groups is 4. The van der Waals surface area contributed by atoms with Gasteiger partial charge in [0.05, 0.1) is 72.2 Å². The first kappa shape index (κ1) is 59.9. The van der Waals surface area contributed by atoms with E-state index < -0.39 is 107 Å². The maximum Gasteiger partial charge on any atom is 0.341 e. The number of rotatable bonds is 16. The van der Waals surface area contributed by atoms with Gasteiger partial charge in [0.15, 0.2) is 12.6 Å². The number of carbonyl (C=O) groups excluding carboxylic acids is 1. The van der Waals surface area contributed by atoms with Gasteiger partial charge in [-0.3, -0.25) is 9.59 Å². The number of cyclic esters (lactones) is 1. The summed E-state index contributed by atoms with van der Waals surface area (Å²) in [5, 5.41) is 57.9. The molecule has 2 aromatic rings. The van der Waals surface area contributed by atoms with Gasteiger partial charge in [-0.1, -0.05) is 34.1 Å². The number of hydrogen-bond acceptors (Lipinski definition) is 17. The van der Waals surface area contributed by atoms with Crippen LogP contribution in [-0.4, -0.2) is 178 Å². The van der Waals surface area contributed by atoms with E-state index in [0.29, 0.717) is 68.6 Å². The van der Waals surface area contributed by atoms with E-state index in [4.69, 9.17) is 42.6 Å². The molecule has 0 amide bonds. The second kappa shape index (κ2) is 25.0. The van der Waals surface area contributed by atoms with Gasteiger partial charge < -0.3 is 77.6 Å². The minimum absolute atomic E-state index is 0.109. The van der Waals surface area contributed by atoms with Gasteiger partial charge in [-0.15, -0.1) is 0 Å². The molecule has 6 rings (SSSR count). The number of esters is 1. The quantitative estimate of drug-likeness (QED) is 0.109. The number of likely N-dealkylation sites (N-methyl/N-ethyl adjacent to an activating group) is 1. The van der Waals surface area contributed by atoms with Gasteiger partial charge in [0.25, 0.3) is 0 Å². The number of aliphatic hydroxyl groups excluding tert-OH is 2. The van der Waals surface area contributed by atoms with Crippen LogP contribution < -0.4 is 10.2 Å². The molecule has 0 saturated carbocycles. The number of aromatic carboxylic acids is 1. The Labute approximate surface area is 437 Å². The number of hydrogen-bond donors (Lipinski definition) is 5. The lowest BCUT2D eigenvalue weighted by molar-refractivity contribution is -0.321. The van der Waals surface area contributed by atoms with Crippen LogP contribution in [0.4, 0.5) is 0 Å². The first-order valence-electron chi connectivity index (χ1n) is 26.9. The van der Waals surface area contributed by atoms with Gasteiger partial charge in [-0.2, -0.15) is 0 Å². The van der Waals surface area contributed by atoms with Gasteiger partial charge in [-0.05, 0) is 117 Å². The number of nitrogens with zero attached hydrogens (tertiary/aromatic N) is 2. The average Bonchev–Trinajstić information content (AvgIpc) is 3.34. The Kier molecular flexibility index (Phi) is 20.2. The normalized spacial score (nSPS) is 38.9. The van der Waals surface area contributed by atoms with Crippen molar-refractivity contribution in [1.29, 1.82) is 0 Å². The third-order valence-corrected chi connectivity index (χ3v) is 16.5. The molecule has 0 spiro atoms. The lowest BCUT2D eigenvalue weighted by Gasteiger charge is -2.49. The maximum absolute atomic E-state index is 14.6. The molecule has 0 unspecified atom stereocenters. The van der Waals surface area contributed by atoms with E-state index in [1.54, 1.807) is 45.4 Å². The Morgan fingerprint density at radius 1 is 0.919 bits per heavy atom. The molecule has 5 heterocycles. The van der Waals surface area contributed by atoms with Crippen LogP contribution in [0.1, 0.15) is 131 Å². The molecule has 19 heteroatoms. The van der Waals surface area contributed by atoms with Gasteiger partial charge in [0, 0.05) is 44.8 Å². The number of carboxylic acid groups (broad SMARTS) is 1. The van der Waals surface area contributed by atoms with Gasteiger partial charge in [-0.25, -0.2) is 4.79 Å². The van der Waals surface area contributed by atoms with E-state index in [0.717, 1.165) is 5.56 Å². The van der Waals surface area contributed by atoms with E-state index in [1.165, 1.54) is 13.1 Å². The van der Waals surface area contributed by atoms with Crippen LogP contribution in [0.2, 0.25) is 0 Å². The van der Waals surface area contributed by atoms with Crippen LogP contribution in [0.15, 0.2) is 23.1 Å². The summed E-state index contributed by atoms with van der Waals surface area (Å²) in [6.45, 7) is 22.1. The zero-order valence-electron chi connectivity index (χ0n) is 46.1. The van der Waals surface area contributed by atoms with Crippen LogP contribution in [0.5, 0.6) is 5.75 Å². The highest BCUT2D eigenvalue weighted by Gasteiger charge is 2.53.